The zero-order valence-electron chi connectivity index (χ0n) is 11.1. The highest BCUT2D eigenvalue weighted by Gasteiger charge is 2.29. The predicted molar refractivity (Wildman–Crippen MR) is 75.2 cm³/mol. The van der Waals surface area contributed by atoms with Crippen LogP contribution in [0.2, 0.25) is 0 Å². The average molecular weight is 244 g/mol. The van der Waals surface area contributed by atoms with Gasteiger partial charge in [0.15, 0.2) is 0 Å². The third-order valence-corrected chi connectivity index (χ3v) is 4.62. The summed E-state index contributed by atoms with van der Waals surface area (Å²) >= 11 is 0. The van der Waals surface area contributed by atoms with Crippen LogP contribution in [0.15, 0.2) is 24.3 Å². The first-order valence-electron chi connectivity index (χ1n) is 7.41. The Morgan fingerprint density at radius 1 is 0.889 bits per heavy atom. The monoisotopic (exact) mass is 244 g/mol. The number of benzene rings is 1. The van der Waals surface area contributed by atoms with Crippen molar-refractivity contribution in [3.05, 3.63) is 35.4 Å². The minimum absolute atomic E-state index is 0.375. The van der Waals surface area contributed by atoms with E-state index in [1.807, 2.05) is 0 Å². The largest absolute Gasteiger partial charge is 0.326 e. The summed E-state index contributed by atoms with van der Waals surface area (Å²) in [6, 6.07) is 9.81. The fourth-order valence-electron chi connectivity index (χ4n) is 3.54. The number of rotatable bonds is 1. The molecule has 2 aliphatic rings. The average Bonchev–Trinajstić information content (AvgIpc) is 2.77. The maximum absolute atomic E-state index is 6.42. The Morgan fingerprint density at radius 2 is 1.50 bits per heavy atom. The topological polar surface area (TPSA) is 29.3 Å². The lowest BCUT2D eigenvalue weighted by Crippen LogP contribution is -2.46. The summed E-state index contributed by atoms with van der Waals surface area (Å²) in [5.74, 6) is 0. The Bertz CT molecular complexity index is 377. The molecule has 1 fully saturated rings. The second-order valence-electron chi connectivity index (χ2n) is 5.90. The van der Waals surface area contributed by atoms with Crippen LogP contribution in [0.1, 0.15) is 49.7 Å². The molecule has 1 aromatic rings. The lowest BCUT2D eigenvalue weighted by molar-refractivity contribution is 0.148. The number of hydrogen-bond donors (Lipinski definition) is 1. The molecule has 1 heterocycles. The van der Waals surface area contributed by atoms with E-state index in [0.29, 0.717) is 12.1 Å². The molecule has 0 aromatic heterocycles. The van der Waals surface area contributed by atoms with Gasteiger partial charge in [-0.1, -0.05) is 49.9 Å². The highest BCUT2D eigenvalue weighted by atomic mass is 15.2. The standard InChI is InChI=1S/C16H24N2/c17-15-9-3-1-2-4-10-16(15)18-11-13-7-5-6-8-14(13)12-18/h5-8,15-16H,1-4,9-12,17H2. The first-order valence-corrected chi connectivity index (χ1v) is 7.41. The van der Waals surface area contributed by atoms with Crippen LogP contribution < -0.4 is 5.73 Å². The molecule has 2 nitrogen and oxygen atoms in total. The van der Waals surface area contributed by atoms with Gasteiger partial charge in [-0.15, -0.1) is 0 Å². The van der Waals surface area contributed by atoms with Gasteiger partial charge in [0.2, 0.25) is 0 Å². The first kappa shape index (κ1) is 12.2. The third kappa shape index (κ3) is 2.45. The third-order valence-electron chi connectivity index (χ3n) is 4.62. The van der Waals surface area contributed by atoms with Gasteiger partial charge in [0.05, 0.1) is 0 Å². The highest BCUT2D eigenvalue weighted by Crippen LogP contribution is 2.29. The molecule has 1 aromatic carbocycles. The number of nitrogens with two attached hydrogens (primary N) is 1. The van der Waals surface area contributed by atoms with Crippen molar-refractivity contribution in [3.8, 4) is 0 Å². The highest BCUT2D eigenvalue weighted by molar-refractivity contribution is 5.30. The Morgan fingerprint density at radius 3 is 2.17 bits per heavy atom. The maximum atomic E-state index is 6.42. The van der Waals surface area contributed by atoms with Crippen molar-refractivity contribution in [2.75, 3.05) is 0 Å². The van der Waals surface area contributed by atoms with E-state index in [-0.39, 0.29) is 0 Å². The molecule has 0 bridgehead atoms. The van der Waals surface area contributed by atoms with Crippen molar-refractivity contribution in [3.63, 3.8) is 0 Å². The normalized spacial score (nSPS) is 29.6. The molecule has 0 saturated heterocycles. The van der Waals surface area contributed by atoms with Crippen molar-refractivity contribution in [2.24, 2.45) is 5.73 Å². The summed E-state index contributed by atoms with van der Waals surface area (Å²) in [6.07, 6.45) is 7.93. The quantitative estimate of drug-likeness (QED) is 0.822. The van der Waals surface area contributed by atoms with E-state index in [0.717, 1.165) is 13.1 Å². The molecule has 0 radical (unpaired) electrons. The van der Waals surface area contributed by atoms with Crippen molar-refractivity contribution < 1.29 is 0 Å². The Hall–Kier alpha value is -0.860. The molecule has 98 valence electrons. The van der Waals surface area contributed by atoms with Crippen molar-refractivity contribution in [1.29, 1.82) is 0 Å². The van der Waals surface area contributed by atoms with Crippen molar-refractivity contribution in [1.82, 2.24) is 4.90 Å². The summed E-state index contributed by atoms with van der Waals surface area (Å²) in [4.78, 5) is 2.61. The van der Waals surface area contributed by atoms with Crippen molar-refractivity contribution >= 4 is 0 Å². The Balaban J connectivity index is 1.71. The summed E-state index contributed by atoms with van der Waals surface area (Å²) in [5, 5.41) is 0. The molecular weight excluding hydrogens is 220 g/mol. The second kappa shape index (κ2) is 5.41. The van der Waals surface area contributed by atoms with E-state index in [2.05, 4.69) is 29.2 Å². The number of nitrogens with zero attached hydrogens (tertiary/aromatic N) is 1. The summed E-state index contributed by atoms with van der Waals surface area (Å²) in [6.45, 7) is 2.21. The van der Waals surface area contributed by atoms with Gasteiger partial charge in [-0.05, 0) is 24.0 Å². The van der Waals surface area contributed by atoms with Crippen LogP contribution in [-0.4, -0.2) is 17.0 Å². The zero-order chi connectivity index (χ0) is 12.4. The Labute approximate surface area is 110 Å². The van der Waals surface area contributed by atoms with Crippen LogP contribution in [0, 0.1) is 0 Å². The van der Waals surface area contributed by atoms with E-state index in [4.69, 9.17) is 5.73 Å². The molecular formula is C16H24N2. The van der Waals surface area contributed by atoms with Gasteiger partial charge in [0.25, 0.3) is 0 Å². The zero-order valence-corrected chi connectivity index (χ0v) is 11.1. The molecule has 2 N–H and O–H groups in total. The van der Waals surface area contributed by atoms with E-state index in [9.17, 15) is 0 Å². The molecule has 0 spiro atoms. The minimum atomic E-state index is 0.375. The van der Waals surface area contributed by atoms with Gasteiger partial charge in [0.1, 0.15) is 0 Å². The van der Waals surface area contributed by atoms with Gasteiger partial charge in [-0.25, -0.2) is 0 Å². The minimum Gasteiger partial charge on any atom is -0.326 e. The van der Waals surface area contributed by atoms with Crippen LogP contribution in [0.25, 0.3) is 0 Å². The molecule has 0 amide bonds. The molecule has 3 rings (SSSR count). The van der Waals surface area contributed by atoms with Gasteiger partial charge in [-0.2, -0.15) is 0 Å². The van der Waals surface area contributed by atoms with Gasteiger partial charge in [-0.3, -0.25) is 4.90 Å². The maximum Gasteiger partial charge on any atom is 0.0254 e. The lowest BCUT2D eigenvalue weighted by atomic mass is 9.92. The summed E-state index contributed by atoms with van der Waals surface area (Å²) < 4.78 is 0. The molecule has 1 aliphatic carbocycles. The fourth-order valence-corrected chi connectivity index (χ4v) is 3.54. The molecule has 2 unspecified atom stereocenters. The molecule has 2 atom stereocenters. The van der Waals surface area contributed by atoms with Crippen LogP contribution >= 0.6 is 0 Å². The molecule has 1 saturated carbocycles. The fraction of sp³-hybridized carbons (Fsp3) is 0.625. The van der Waals surface area contributed by atoms with E-state index in [1.165, 1.54) is 49.7 Å². The molecule has 1 aliphatic heterocycles. The first-order chi connectivity index (χ1) is 8.84. The smallest absolute Gasteiger partial charge is 0.0254 e. The SMILES string of the molecule is NC1CCCCCCC1N1Cc2ccccc2C1. The summed E-state index contributed by atoms with van der Waals surface area (Å²) in [5.41, 5.74) is 9.43. The second-order valence-corrected chi connectivity index (χ2v) is 5.90. The Kier molecular flexibility index (Phi) is 3.67. The predicted octanol–water partition coefficient (Wildman–Crippen LogP) is 3.05. The molecule has 2 heteroatoms. The van der Waals surface area contributed by atoms with E-state index < -0.39 is 0 Å². The van der Waals surface area contributed by atoms with Crippen LogP contribution in [0.4, 0.5) is 0 Å². The number of fused-ring (bicyclic) bond motifs is 1. The van der Waals surface area contributed by atoms with Crippen LogP contribution in [0.3, 0.4) is 0 Å². The van der Waals surface area contributed by atoms with E-state index >= 15 is 0 Å². The van der Waals surface area contributed by atoms with Crippen molar-refractivity contribution in [2.45, 2.75) is 63.7 Å². The van der Waals surface area contributed by atoms with Crippen LogP contribution in [-0.2, 0) is 13.1 Å². The van der Waals surface area contributed by atoms with E-state index in [1.54, 1.807) is 0 Å². The number of hydrogen-bond acceptors (Lipinski definition) is 2. The van der Waals surface area contributed by atoms with Crippen LogP contribution in [0.5, 0.6) is 0 Å². The van der Waals surface area contributed by atoms with Gasteiger partial charge < -0.3 is 5.73 Å². The summed E-state index contributed by atoms with van der Waals surface area (Å²) in [7, 11) is 0. The van der Waals surface area contributed by atoms with Gasteiger partial charge in [0, 0.05) is 25.2 Å². The van der Waals surface area contributed by atoms with Gasteiger partial charge >= 0.3 is 0 Å². The lowest BCUT2D eigenvalue weighted by Gasteiger charge is -2.34. The molecule has 18 heavy (non-hydrogen) atoms.